The Bertz CT molecular complexity index is 1420. The number of likely N-dealkylation sites (N-methyl/N-ethyl adjacent to an activating group) is 1. The van der Waals surface area contributed by atoms with E-state index < -0.39 is 77.5 Å². The van der Waals surface area contributed by atoms with Crippen LogP contribution in [0.4, 0.5) is 4.79 Å². The van der Waals surface area contributed by atoms with Crippen molar-refractivity contribution in [3.8, 4) is 5.75 Å². The molecule has 0 aromatic heterocycles. The molecule has 3 aliphatic rings. The summed E-state index contributed by atoms with van der Waals surface area (Å²) in [7, 11) is 0. The van der Waals surface area contributed by atoms with Crippen molar-refractivity contribution in [3.05, 3.63) is 41.1 Å². The summed E-state index contributed by atoms with van der Waals surface area (Å²) < 4.78 is 4.88. The van der Waals surface area contributed by atoms with Gasteiger partial charge in [0, 0.05) is 37.9 Å². The normalized spacial score (nSPS) is 21.9. The average Bonchev–Trinajstić information content (AvgIpc) is 2.98. The van der Waals surface area contributed by atoms with Gasteiger partial charge in [0.25, 0.3) is 5.91 Å². The van der Waals surface area contributed by atoms with Crippen LogP contribution in [0.1, 0.15) is 25.5 Å². The first-order chi connectivity index (χ1) is 20.4. The second-order valence-electron chi connectivity index (χ2n) is 9.74. The summed E-state index contributed by atoms with van der Waals surface area (Å²) >= 11 is 0.929. The molecule has 0 radical (unpaired) electrons. The minimum atomic E-state index is -1.75. The van der Waals surface area contributed by atoms with Gasteiger partial charge in [-0.15, -0.1) is 11.8 Å². The number of hydrogen-bond acceptors (Lipinski definition) is 12. The molecule has 2 unspecified atom stereocenters. The number of carboxylic acids is 1. The fraction of sp³-hybridized carbons (Fsp3) is 0.423. The fourth-order valence-electron chi connectivity index (χ4n) is 4.94. The van der Waals surface area contributed by atoms with Crippen molar-refractivity contribution in [2.75, 3.05) is 38.6 Å². The van der Waals surface area contributed by atoms with E-state index in [1.807, 2.05) is 0 Å². The van der Waals surface area contributed by atoms with Crippen LogP contribution >= 0.6 is 11.8 Å². The molecule has 2 saturated heterocycles. The van der Waals surface area contributed by atoms with Gasteiger partial charge < -0.3 is 40.4 Å². The minimum absolute atomic E-state index is 0. The SMILES string of the molecule is CCN1CCN(C(=O)NC(C(=O)N[C@H]2C(=O)N3C(C(=O)[O-])=C(COC(C)=O)CSC23CO)c2ccc(O)cc2)C(=O)C1=O.[Na+]. The van der Waals surface area contributed by atoms with E-state index in [9.17, 15) is 48.9 Å². The first kappa shape index (κ1) is 34.8. The van der Waals surface area contributed by atoms with Crippen LogP contribution in [-0.2, 0) is 33.5 Å². The number of aliphatic hydroxyl groups is 1. The predicted molar refractivity (Wildman–Crippen MR) is 143 cm³/mol. The van der Waals surface area contributed by atoms with E-state index in [1.54, 1.807) is 6.92 Å². The number of imide groups is 1. The quantitative estimate of drug-likeness (QED) is 0.0856. The van der Waals surface area contributed by atoms with Crippen molar-refractivity contribution < 1.29 is 83.2 Å². The third-order valence-corrected chi connectivity index (χ3v) is 8.74. The number of carbonyl (C=O) groups excluding carboxylic acids is 7. The third-order valence-electron chi connectivity index (χ3n) is 7.20. The zero-order chi connectivity index (χ0) is 31.6. The minimum Gasteiger partial charge on any atom is -0.543 e. The Hall–Kier alpha value is -3.64. The van der Waals surface area contributed by atoms with Gasteiger partial charge >= 0.3 is 53.4 Å². The number of hydrogen-bond donors (Lipinski definition) is 4. The number of nitrogens with one attached hydrogen (secondary N) is 2. The van der Waals surface area contributed by atoms with Crippen molar-refractivity contribution in [2.45, 2.75) is 30.8 Å². The number of aromatic hydroxyl groups is 1. The number of urea groups is 1. The van der Waals surface area contributed by atoms with Crippen LogP contribution in [0.3, 0.4) is 0 Å². The molecule has 44 heavy (non-hydrogen) atoms. The van der Waals surface area contributed by atoms with Gasteiger partial charge in [0.1, 0.15) is 29.3 Å². The molecule has 0 aliphatic carbocycles. The molecular weight excluding hydrogens is 613 g/mol. The smallest absolute Gasteiger partial charge is 0.543 e. The Morgan fingerprint density at radius 2 is 1.80 bits per heavy atom. The molecule has 4 N–H and O–H groups in total. The summed E-state index contributed by atoms with van der Waals surface area (Å²) in [5.41, 5.74) is -0.409. The van der Waals surface area contributed by atoms with Gasteiger partial charge in [-0.05, 0) is 24.6 Å². The average molecular weight is 642 g/mol. The molecule has 6 amide bonds. The number of phenols is 1. The number of carboxylic acid groups (broad SMARTS) is 1. The van der Waals surface area contributed by atoms with Crippen molar-refractivity contribution in [2.24, 2.45) is 0 Å². The van der Waals surface area contributed by atoms with E-state index in [4.69, 9.17) is 4.74 Å². The van der Waals surface area contributed by atoms with E-state index >= 15 is 0 Å². The number of rotatable bonds is 9. The fourth-order valence-corrected chi connectivity index (χ4v) is 6.31. The second-order valence-corrected chi connectivity index (χ2v) is 11.0. The molecule has 0 saturated carbocycles. The van der Waals surface area contributed by atoms with Gasteiger partial charge in [-0.25, -0.2) is 4.79 Å². The van der Waals surface area contributed by atoms with Crippen molar-refractivity contribution in [3.63, 3.8) is 0 Å². The third kappa shape index (κ3) is 6.41. The molecule has 4 rings (SSSR count). The maximum absolute atomic E-state index is 13.6. The van der Waals surface area contributed by atoms with E-state index in [-0.39, 0.29) is 71.8 Å². The molecule has 0 spiro atoms. The number of carbonyl (C=O) groups is 7. The summed E-state index contributed by atoms with van der Waals surface area (Å²) in [6, 6.07) is 1.01. The van der Waals surface area contributed by atoms with E-state index in [1.165, 1.54) is 29.2 Å². The second kappa shape index (κ2) is 14.0. The Morgan fingerprint density at radius 1 is 1.14 bits per heavy atom. The Labute approximate surface area is 277 Å². The summed E-state index contributed by atoms with van der Waals surface area (Å²) in [5.74, 6) is -6.55. The van der Waals surface area contributed by atoms with Crippen LogP contribution < -0.4 is 45.3 Å². The molecule has 230 valence electrons. The molecule has 2 fully saturated rings. The number of phenolic OH excluding ortho intramolecular Hbond substituents is 1. The molecule has 1 aromatic carbocycles. The summed E-state index contributed by atoms with van der Waals surface area (Å²) in [4.78, 5) is 89.1. The topological polar surface area (TPSA) is 226 Å². The number of nitrogens with zero attached hydrogens (tertiary/aromatic N) is 3. The number of esters is 1. The largest absolute Gasteiger partial charge is 1.00 e. The van der Waals surface area contributed by atoms with Gasteiger partial charge in [0.2, 0.25) is 5.91 Å². The van der Waals surface area contributed by atoms with Gasteiger partial charge in [0.05, 0.1) is 18.3 Å². The van der Waals surface area contributed by atoms with Crippen LogP contribution in [0.2, 0.25) is 0 Å². The number of ether oxygens (including phenoxy) is 1. The predicted octanol–water partition coefficient (Wildman–Crippen LogP) is -5.83. The van der Waals surface area contributed by atoms with Crippen LogP contribution in [0, 0.1) is 0 Å². The number of β-lactam (4-membered cyclic amide) rings is 1. The Morgan fingerprint density at radius 3 is 2.36 bits per heavy atom. The number of thioether (sulfide) groups is 1. The maximum Gasteiger partial charge on any atom is 1.00 e. The first-order valence-electron chi connectivity index (χ1n) is 13.0. The van der Waals surface area contributed by atoms with Gasteiger partial charge in [-0.1, -0.05) is 12.1 Å². The summed E-state index contributed by atoms with van der Waals surface area (Å²) in [6.07, 6.45) is 0. The van der Waals surface area contributed by atoms with Gasteiger partial charge in [0.15, 0.2) is 0 Å². The zero-order valence-corrected chi connectivity index (χ0v) is 26.8. The van der Waals surface area contributed by atoms with Gasteiger partial charge in [-0.2, -0.15) is 0 Å². The molecule has 3 atom stereocenters. The standard InChI is InChI=1S/C26H29N5O11S.Na/c1-3-29-8-9-30(23(38)22(29)37)25(41)27-17(14-4-6-16(34)7-5-14)20(35)28-19-21(36)31-18(24(39)40)15(10-42-13(2)33)11-43-26(19,31)12-32;/h4-7,17,19,32,34H,3,8-12H2,1-2H3,(H,27,41)(H,28,35)(H,39,40);/q;+1/p-1/t17?,19-,26?;/m0./s1. The molecule has 18 heteroatoms. The maximum atomic E-state index is 13.6. The van der Waals surface area contributed by atoms with Crippen LogP contribution in [0.5, 0.6) is 5.75 Å². The monoisotopic (exact) mass is 641 g/mol. The van der Waals surface area contributed by atoms with Gasteiger partial charge in [-0.3, -0.25) is 33.8 Å². The molecule has 3 heterocycles. The van der Waals surface area contributed by atoms with Crippen molar-refractivity contribution in [1.29, 1.82) is 0 Å². The number of fused-ring (bicyclic) bond motifs is 1. The number of piperazine rings is 1. The van der Waals surface area contributed by atoms with E-state index in [2.05, 4.69) is 10.6 Å². The molecule has 1 aromatic rings. The first-order valence-corrected chi connectivity index (χ1v) is 14.0. The Balaban J connectivity index is 0.00000529. The number of aliphatic hydroxyl groups excluding tert-OH is 1. The summed E-state index contributed by atoms with van der Waals surface area (Å²) in [6.45, 7) is 1.78. The number of amides is 6. The number of aliphatic carboxylic acids is 1. The molecule has 3 aliphatic heterocycles. The Kier molecular flexibility index (Phi) is 11.1. The molecular formula is C26H28N5NaO11S. The summed E-state index contributed by atoms with van der Waals surface area (Å²) in [5, 5.41) is 36.9. The zero-order valence-electron chi connectivity index (χ0n) is 24.0. The molecule has 16 nitrogen and oxygen atoms in total. The van der Waals surface area contributed by atoms with E-state index in [0.29, 0.717) is 4.90 Å². The van der Waals surface area contributed by atoms with E-state index in [0.717, 1.165) is 23.6 Å². The van der Waals surface area contributed by atoms with Crippen LogP contribution in [-0.4, -0.2) is 116 Å². The van der Waals surface area contributed by atoms with Crippen LogP contribution in [0.25, 0.3) is 0 Å². The molecule has 0 bridgehead atoms. The van der Waals surface area contributed by atoms with Crippen LogP contribution in [0.15, 0.2) is 35.5 Å². The number of benzene rings is 1. The van der Waals surface area contributed by atoms with Crippen molar-refractivity contribution >= 4 is 53.4 Å². The van der Waals surface area contributed by atoms with Crippen molar-refractivity contribution in [1.82, 2.24) is 25.3 Å².